The van der Waals surface area contributed by atoms with Crippen LogP contribution in [0, 0.1) is 0 Å². The van der Waals surface area contributed by atoms with Crippen LogP contribution in [0.5, 0.6) is 0 Å². The molecule has 0 nitrogen and oxygen atoms in total. The lowest BCUT2D eigenvalue weighted by atomic mass is 9.96. The third kappa shape index (κ3) is 3.73. The maximum Gasteiger partial charge on any atom is 0.298 e. The van der Waals surface area contributed by atoms with Gasteiger partial charge < -0.3 is 0 Å². The molecule has 0 amide bonds. The Morgan fingerprint density at radius 3 is 1.48 bits per heavy atom. The zero-order chi connectivity index (χ0) is 17.9. The molecule has 3 aromatic carbocycles. The lowest BCUT2D eigenvalue weighted by Gasteiger charge is -2.19. The van der Waals surface area contributed by atoms with Gasteiger partial charge in [-0.15, -0.1) is 0 Å². The fraction of sp³-hybridized carbons (Fsp3) is 0.143. The second-order valence-corrected chi connectivity index (χ2v) is 5.88. The van der Waals surface area contributed by atoms with Crippen LogP contribution in [-0.2, 0) is 18.3 Å². The Kier molecular flexibility index (Phi) is 4.62. The van der Waals surface area contributed by atoms with Gasteiger partial charge in [0.15, 0.2) is 0 Å². The lowest BCUT2D eigenvalue weighted by Crippen LogP contribution is -2.18. The van der Waals surface area contributed by atoms with Gasteiger partial charge in [0.25, 0.3) is 11.8 Å². The monoisotopic (exact) mass is 344 g/mol. The second-order valence-electron chi connectivity index (χ2n) is 5.88. The summed E-state index contributed by atoms with van der Waals surface area (Å²) < 4.78 is 57.5. The van der Waals surface area contributed by atoms with E-state index in [0.717, 1.165) is 0 Å². The number of hydrogen-bond acceptors (Lipinski definition) is 0. The number of alkyl halides is 4. The van der Waals surface area contributed by atoms with E-state index in [4.69, 9.17) is 0 Å². The van der Waals surface area contributed by atoms with Crippen LogP contribution >= 0.6 is 0 Å². The molecule has 0 aromatic heterocycles. The first-order valence-corrected chi connectivity index (χ1v) is 7.86. The second kappa shape index (κ2) is 6.71. The Balaban J connectivity index is 1.81. The molecule has 25 heavy (non-hydrogen) atoms. The maximum atomic E-state index is 14.5. The molecule has 3 rings (SSSR count). The minimum Gasteiger partial charge on any atom is -0.201 e. The summed E-state index contributed by atoms with van der Waals surface area (Å²) in [5.41, 5.74) is -0.127. The molecule has 0 N–H and O–H groups in total. The number of hydrogen-bond donors (Lipinski definition) is 0. The average Bonchev–Trinajstić information content (AvgIpc) is 2.63. The van der Waals surface area contributed by atoms with E-state index in [1.54, 1.807) is 24.3 Å². The standard InChI is InChI=1S/C21H16F4/c22-20(23,17-7-3-1-4-8-17)15-16-11-13-19(14-12-16)21(24,25)18-9-5-2-6-10-18/h1-14H,15H2. The van der Waals surface area contributed by atoms with Crippen LogP contribution in [0.3, 0.4) is 0 Å². The van der Waals surface area contributed by atoms with E-state index < -0.39 is 18.3 Å². The van der Waals surface area contributed by atoms with E-state index in [9.17, 15) is 17.6 Å². The molecular formula is C21H16F4. The molecule has 0 aliphatic carbocycles. The molecule has 0 spiro atoms. The molecule has 0 aliphatic rings. The summed E-state index contributed by atoms with van der Waals surface area (Å²) in [6.45, 7) is 0. The molecular weight excluding hydrogens is 328 g/mol. The summed E-state index contributed by atoms with van der Waals surface area (Å²) in [6.07, 6.45) is -0.534. The van der Waals surface area contributed by atoms with E-state index in [1.807, 2.05) is 0 Å². The molecule has 0 atom stereocenters. The molecule has 0 unspecified atom stereocenters. The van der Waals surface area contributed by atoms with Crippen LogP contribution in [0.25, 0.3) is 0 Å². The van der Waals surface area contributed by atoms with Gasteiger partial charge in [-0.1, -0.05) is 84.9 Å². The molecule has 0 saturated carbocycles. The average molecular weight is 344 g/mol. The smallest absolute Gasteiger partial charge is 0.201 e. The number of halogens is 4. The van der Waals surface area contributed by atoms with Gasteiger partial charge >= 0.3 is 0 Å². The Hall–Kier alpha value is -2.62. The highest BCUT2D eigenvalue weighted by atomic mass is 19.3. The lowest BCUT2D eigenvalue weighted by molar-refractivity contribution is -0.00384. The van der Waals surface area contributed by atoms with Crippen molar-refractivity contribution >= 4 is 0 Å². The van der Waals surface area contributed by atoms with Crippen LogP contribution in [0.4, 0.5) is 17.6 Å². The van der Waals surface area contributed by atoms with Gasteiger partial charge in [0.05, 0.1) is 0 Å². The van der Waals surface area contributed by atoms with E-state index in [0.29, 0.717) is 5.56 Å². The highest BCUT2D eigenvalue weighted by Crippen LogP contribution is 2.36. The summed E-state index contributed by atoms with van der Waals surface area (Å²) in [4.78, 5) is 0. The minimum absolute atomic E-state index is 0.0892. The first kappa shape index (κ1) is 17.2. The molecule has 0 heterocycles. The normalized spacial score (nSPS) is 12.2. The quantitative estimate of drug-likeness (QED) is 0.486. The van der Waals surface area contributed by atoms with Gasteiger partial charge in [0.1, 0.15) is 0 Å². The number of rotatable bonds is 5. The molecule has 0 bridgehead atoms. The zero-order valence-electron chi connectivity index (χ0n) is 13.3. The number of benzene rings is 3. The Bertz CT molecular complexity index is 810. The van der Waals surface area contributed by atoms with E-state index in [-0.39, 0.29) is 16.7 Å². The van der Waals surface area contributed by atoms with E-state index >= 15 is 0 Å². The van der Waals surface area contributed by atoms with Crippen LogP contribution in [0.2, 0.25) is 0 Å². The van der Waals surface area contributed by atoms with Crippen molar-refractivity contribution in [2.45, 2.75) is 18.3 Å². The fourth-order valence-corrected chi connectivity index (χ4v) is 2.69. The van der Waals surface area contributed by atoms with Crippen LogP contribution < -0.4 is 0 Å². The Labute approximate surface area is 143 Å². The zero-order valence-corrected chi connectivity index (χ0v) is 13.3. The topological polar surface area (TPSA) is 0 Å². The highest BCUT2D eigenvalue weighted by Gasteiger charge is 2.35. The summed E-state index contributed by atoms with van der Waals surface area (Å²) in [6, 6.07) is 20.0. The highest BCUT2D eigenvalue weighted by molar-refractivity contribution is 5.35. The Morgan fingerprint density at radius 2 is 0.960 bits per heavy atom. The first-order chi connectivity index (χ1) is 11.9. The van der Waals surface area contributed by atoms with Crippen molar-refractivity contribution in [3.8, 4) is 0 Å². The van der Waals surface area contributed by atoms with Crippen molar-refractivity contribution in [1.29, 1.82) is 0 Å². The predicted octanol–water partition coefficient (Wildman–Crippen LogP) is 6.16. The van der Waals surface area contributed by atoms with Crippen LogP contribution in [0.15, 0.2) is 84.9 Å². The molecule has 0 fully saturated rings. The SMILES string of the molecule is FC(F)(Cc1ccc(C(F)(F)c2ccccc2)cc1)c1ccccc1. The largest absolute Gasteiger partial charge is 0.298 e. The molecule has 3 aromatic rings. The summed E-state index contributed by atoms with van der Waals surface area (Å²) >= 11 is 0. The van der Waals surface area contributed by atoms with Crippen LogP contribution in [-0.4, -0.2) is 0 Å². The van der Waals surface area contributed by atoms with Crippen molar-refractivity contribution in [3.05, 3.63) is 107 Å². The van der Waals surface area contributed by atoms with Crippen molar-refractivity contribution in [3.63, 3.8) is 0 Å². The van der Waals surface area contributed by atoms with Crippen molar-refractivity contribution in [1.82, 2.24) is 0 Å². The van der Waals surface area contributed by atoms with Gasteiger partial charge in [-0.05, 0) is 5.56 Å². The summed E-state index contributed by atoms with van der Waals surface area (Å²) in [5, 5.41) is 0. The maximum absolute atomic E-state index is 14.5. The molecule has 128 valence electrons. The van der Waals surface area contributed by atoms with Gasteiger partial charge in [-0.3, -0.25) is 0 Å². The molecule has 0 saturated heterocycles. The minimum atomic E-state index is -3.16. The third-order valence-electron chi connectivity index (χ3n) is 4.08. The van der Waals surface area contributed by atoms with E-state index in [1.165, 1.54) is 60.7 Å². The molecule has 0 aliphatic heterocycles. The fourth-order valence-electron chi connectivity index (χ4n) is 2.69. The van der Waals surface area contributed by atoms with Gasteiger partial charge in [-0.25, -0.2) is 8.78 Å². The van der Waals surface area contributed by atoms with Crippen molar-refractivity contribution in [2.24, 2.45) is 0 Å². The van der Waals surface area contributed by atoms with Gasteiger partial charge in [0, 0.05) is 23.1 Å². The van der Waals surface area contributed by atoms with Crippen LogP contribution in [0.1, 0.15) is 22.3 Å². The summed E-state index contributed by atoms with van der Waals surface area (Å²) in [5.74, 6) is -6.22. The van der Waals surface area contributed by atoms with Crippen molar-refractivity contribution < 1.29 is 17.6 Å². The predicted molar refractivity (Wildman–Crippen MR) is 89.9 cm³/mol. The van der Waals surface area contributed by atoms with Gasteiger partial charge in [0.2, 0.25) is 0 Å². The Morgan fingerprint density at radius 1 is 0.520 bits per heavy atom. The van der Waals surface area contributed by atoms with E-state index in [2.05, 4.69) is 0 Å². The van der Waals surface area contributed by atoms with Gasteiger partial charge in [-0.2, -0.15) is 8.78 Å². The first-order valence-electron chi connectivity index (χ1n) is 7.86. The molecule has 4 heteroatoms. The third-order valence-corrected chi connectivity index (χ3v) is 4.08. The van der Waals surface area contributed by atoms with Crippen molar-refractivity contribution in [2.75, 3.05) is 0 Å². The summed E-state index contributed by atoms with van der Waals surface area (Å²) in [7, 11) is 0. The molecule has 0 radical (unpaired) electrons.